The molecule has 4 heteroatoms. The Balaban J connectivity index is 1.52. The van der Waals surface area contributed by atoms with Crippen LogP contribution >= 0.6 is 0 Å². The van der Waals surface area contributed by atoms with E-state index in [4.69, 9.17) is 0 Å². The number of aryl methyl sites for hydroxylation is 2. The number of rotatable bonds is 5. The van der Waals surface area contributed by atoms with Gasteiger partial charge in [-0.05, 0) is 94.7 Å². The Labute approximate surface area is 193 Å². The molecule has 1 N–H and O–H groups in total. The number of nitrogens with zero attached hydrogens (tertiary/aromatic N) is 2. The van der Waals surface area contributed by atoms with E-state index >= 15 is 0 Å². The van der Waals surface area contributed by atoms with Crippen LogP contribution in [0.15, 0.2) is 42.5 Å². The van der Waals surface area contributed by atoms with Gasteiger partial charge in [0.05, 0.1) is 6.04 Å². The summed E-state index contributed by atoms with van der Waals surface area (Å²) in [5, 5.41) is 3.55. The van der Waals surface area contributed by atoms with Crippen LogP contribution in [0.3, 0.4) is 0 Å². The van der Waals surface area contributed by atoms with Crippen molar-refractivity contribution >= 4 is 11.6 Å². The van der Waals surface area contributed by atoms with Crippen molar-refractivity contribution in [3.63, 3.8) is 0 Å². The summed E-state index contributed by atoms with van der Waals surface area (Å²) in [7, 11) is 2.28. The maximum absolute atomic E-state index is 13.7. The molecule has 3 aliphatic rings. The van der Waals surface area contributed by atoms with Gasteiger partial charge in [0.25, 0.3) is 5.91 Å². The molecule has 2 aromatic rings. The van der Waals surface area contributed by atoms with Crippen LogP contribution in [-0.2, 0) is 0 Å². The zero-order valence-corrected chi connectivity index (χ0v) is 19.9. The molecule has 5 rings (SSSR count). The Bertz CT molecular complexity index is 966. The normalized spacial score (nSPS) is 26.3. The average molecular weight is 432 g/mol. The largest absolute Gasteiger partial charge is 0.372 e. The number of hydrogen-bond donors (Lipinski definition) is 1. The Morgan fingerprint density at radius 3 is 2.28 bits per heavy atom. The summed E-state index contributed by atoms with van der Waals surface area (Å²) in [5.41, 5.74) is 5.49. The van der Waals surface area contributed by atoms with Gasteiger partial charge in [-0.25, -0.2) is 0 Å². The Hall–Kier alpha value is -2.33. The minimum Gasteiger partial charge on any atom is -0.372 e. The van der Waals surface area contributed by atoms with E-state index in [1.807, 2.05) is 32.0 Å². The van der Waals surface area contributed by atoms with Crippen LogP contribution in [0.25, 0.3) is 0 Å². The van der Waals surface area contributed by atoms with Crippen LogP contribution in [-0.4, -0.2) is 42.5 Å². The summed E-state index contributed by atoms with van der Waals surface area (Å²) in [6, 6.07) is 15.8. The van der Waals surface area contributed by atoms with Crippen LogP contribution in [0.2, 0.25) is 0 Å². The lowest BCUT2D eigenvalue weighted by molar-refractivity contribution is 0.0836. The Kier molecular flexibility index (Phi) is 5.75. The molecule has 0 saturated carbocycles. The summed E-state index contributed by atoms with van der Waals surface area (Å²) in [4.78, 5) is 18.8. The molecule has 2 aromatic carbocycles. The molecular formula is C28H37N3O. The SMILES string of the molecule is Cc1cccc(C)c1C(=O)NC(c1cccc(N2CCCCC2)c1)C12CCC(CC1)N2C. The number of nitrogens with one attached hydrogen (secondary N) is 1. The maximum atomic E-state index is 13.7. The van der Waals surface area contributed by atoms with E-state index in [9.17, 15) is 4.79 Å². The highest BCUT2D eigenvalue weighted by molar-refractivity contribution is 5.97. The standard InChI is InChI=1S/C28H37N3O/c1-20-9-7-10-21(2)25(20)27(32)29-26(28-15-13-23(14-16-28)30(28)3)22-11-8-12-24(19-22)31-17-5-4-6-18-31/h7-12,19,23,26H,4-6,13-18H2,1-3H3,(H,29,32). The third kappa shape index (κ3) is 3.63. The molecule has 4 nitrogen and oxygen atoms in total. The first-order valence-corrected chi connectivity index (χ1v) is 12.4. The first-order chi connectivity index (χ1) is 15.5. The third-order valence-corrected chi connectivity index (χ3v) is 8.52. The highest BCUT2D eigenvalue weighted by Crippen LogP contribution is 2.52. The summed E-state index contributed by atoms with van der Waals surface area (Å²) >= 11 is 0. The highest BCUT2D eigenvalue weighted by atomic mass is 16.1. The summed E-state index contributed by atoms with van der Waals surface area (Å²) in [6.45, 7) is 6.35. The molecule has 1 atom stereocenters. The van der Waals surface area contributed by atoms with Crippen LogP contribution in [0.4, 0.5) is 5.69 Å². The average Bonchev–Trinajstić information content (AvgIpc) is 3.30. The van der Waals surface area contributed by atoms with E-state index in [1.165, 1.54) is 43.4 Å². The van der Waals surface area contributed by atoms with E-state index in [2.05, 4.69) is 46.4 Å². The number of carbonyl (C=O) groups is 1. The molecule has 0 aliphatic carbocycles. The molecule has 32 heavy (non-hydrogen) atoms. The van der Waals surface area contributed by atoms with Gasteiger partial charge in [0.2, 0.25) is 0 Å². The molecule has 1 unspecified atom stereocenters. The zero-order valence-electron chi connectivity index (χ0n) is 19.9. The van der Waals surface area contributed by atoms with Crippen molar-refractivity contribution in [2.45, 2.75) is 76.4 Å². The second kappa shape index (κ2) is 8.55. The molecular weight excluding hydrogens is 394 g/mol. The minimum absolute atomic E-state index is 0.00348. The van der Waals surface area contributed by atoms with Crippen LogP contribution < -0.4 is 10.2 Å². The molecule has 170 valence electrons. The van der Waals surface area contributed by atoms with Crippen molar-refractivity contribution in [2.24, 2.45) is 0 Å². The zero-order chi connectivity index (χ0) is 22.3. The number of piperidine rings is 1. The molecule has 3 aliphatic heterocycles. The summed E-state index contributed by atoms with van der Waals surface area (Å²) < 4.78 is 0. The lowest BCUT2D eigenvalue weighted by Crippen LogP contribution is -2.51. The van der Waals surface area contributed by atoms with E-state index in [-0.39, 0.29) is 17.5 Å². The molecule has 1 amide bonds. The lowest BCUT2D eigenvalue weighted by Gasteiger charge is -2.41. The Morgan fingerprint density at radius 1 is 1.00 bits per heavy atom. The van der Waals surface area contributed by atoms with Crippen molar-refractivity contribution < 1.29 is 4.79 Å². The second-order valence-corrected chi connectivity index (χ2v) is 10.3. The molecule has 0 radical (unpaired) electrons. The van der Waals surface area contributed by atoms with Gasteiger partial charge in [-0.2, -0.15) is 0 Å². The maximum Gasteiger partial charge on any atom is 0.252 e. The van der Waals surface area contributed by atoms with Crippen molar-refractivity contribution in [3.05, 3.63) is 64.7 Å². The van der Waals surface area contributed by atoms with Gasteiger partial charge in [-0.15, -0.1) is 0 Å². The first kappa shape index (κ1) is 21.5. The molecule has 0 aromatic heterocycles. The number of hydrogen-bond acceptors (Lipinski definition) is 3. The second-order valence-electron chi connectivity index (χ2n) is 10.3. The van der Waals surface area contributed by atoms with Gasteiger partial charge in [0.15, 0.2) is 0 Å². The predicted molar refractivity (Wildman–Crippen MR) is 131 cm³/mol. The summed E-state index contributed by atoms with van der Waals surface area (Å²) in [6.07, 6.45) is 8.65. The van der Waals surface area contributed by atoms with Gasteiger partial charge in [-0.1, -0.05) is 30.3 Å². The predicted octanol–water partition coefficient (Wildman–Crippen LogP) is 5.39. The third-order valence-electron chi connectivity index (χ3n) is 8.52. The van der Waals surface area contributed by atoms with Gasteiger partial charge in [0, 0.05) is 35.9 Å². The van der Waals surface area contributed by atoms with Crippen LogP contribution in [0, 0.1) is 13.8 Å². The highest BCUT2D eigenvalue weighted by Gasteiger charge is 2.54. The van der Waals surface area contributed by atoms with Crippen LogP contribution in [0.5, 0.6) is 0 Å². The van der Waals surface area contributed by atoms with Crippen molar-refractivity contribution in [1.29, 1.82) is 0 Å². The Morgan fingerprint density at radius 2 is 1.66 bits per heavy atom. The molecule has 3 heterocycles. The number of fused-ring (bicyclic) bond motifs is 2. The monoisotopic (exact) mass is 431 g/mol. The lowest BCUT2D eigenvalue weighted by atomic mass is 9.78. The molecule has 0 spiro atoms. The van der Waals surface area contributed by atoms with Gasteiger partial charge < -0.3 is 10.2 Å². The summed E-state index contributed by atoms with van der Waals surface area (Å²) in [5.74, 6) is 0.0621. The topological polar surface area (TPSA) is 35.6 Å². The van der Waals surface area contributed by atoms with Crippen LogP contribution in [0.1, 0.15) is 78.0 Å². The smallest absolute Gasteiger partial charge is 0.252 e. The minimum atomic E-state index is -0.00348. The van der Waals surface area contributed by atoms with Gasteiger partial charge in [0.1, 0.15) is 0 Å². The van der Waals surface area contributed by atoms with Gasteiger partial charge >= 0.3 is 0 Å². The number of amides is 1. The van der Waals surface area contributed by atoms with Gasteiger partial charge in [-0.3, -0.25) is 9.69 Å². The fraction of sp³-hybridized carbons (Fsp3) is 0.536. The van der Waals surface area contributed by atoms with E-state index in [1.54, 1.807) is 0 Å². The molecule has 3 fully saturated rings. The fourth-order valence-corrected chi connectivity index (χ4v) is 6.66. The van der Waals surface area contributed by atoms with E-state index < -0.39 is 0 Å². The van der Waals surface area contributed by atoms with Crippen molar-refractivity contribution in [1.82, 2.24) is 10.2 Å². The number of anilines is 1. The number of benzene rings is 2. The van der Waals surface area contributed by atoms with E-state index in [0.717, 1.165) is 42.6 Å². The van der Waals surface area contributed by atoms with Crippen molar-refractivity contribution in [2.75, 3.05) is 25.0 Å². The van der Waals surface area contributed by atoms with Crippen molar-refractivity contribution in [3.8, 4) is 0 Å². The molecule has 2 bridgehead atoms. The fourth-order valence-electron chi connectivity index (χ4n) is 6.66. The quantitative estimate of drug-likeness (QED) is 0.689. The van der Waals surface area contributed by atoms with E-state index in [0.29, 0.717) is 6.04 Å². The first-order valence-electron chi connectivity index (χ1n) is 12.4. The number of carbonyl (C=O) groups excluding carboxylic acids is 1. The molecule has 3 saturated heterocycles. The number of likely N-dealkylation sites (N-methyl/N-ethyl adjacent to an activating group) is 1.